The second kappa shape index (κ2) is 10.1. The number of rotatable bonds is 7. The summed E-state index contributed by atoms with van der Waals surface area (Å²) in [7, 11) is 2.99. The molecule has 1 unspecified atom stereocenters. The predicted octanol–water partition coefficient (Wildman–Crippen LogP) is 1.36. The van der Waals surface area contributed by atoms with Gasteiger partial charge in [0.15, 0.2) is 11.5 Å². The number of hydrogen-bond donors (Lipinski definition) is 4. The van der Waals surface area contributed by atoms with Crippen LogP contribution < -0.4 is 14.2 Å². The molecule has 0 radical (unpaired) electrons. The van der Waals surface area contributed by atoms with Crippen LogP contribution in [0.5, 0.6) is 17.2 Å². The Labute approximate surface area is 180 Å². The summed E-state index contributed by atoms with van der Waals surface area (Å²) in [5, 5.41) is 39.8. The number of benzene rings is 2. The molecule has 0 spiro atoms. The van der Waals surface area contributed by atoms with Crippen LogP contribution in [0.15, 0.2) is 36.4 Å². The van der Waals surface area contributed by atoms with Crippen molar-refractivity contribution in [1.82, 2.24) is 0 Å². The predicted molar refractivity (Wildman–Crippen MR) is 114 cm³/mol. The molecule has 0 aliphatic carbocycles. The van der Waals surface area contributed by atoms with Gasteiger partial charge < -0.3 is 39.4 Å². The molecule has 0 saturated carbocycles. The molecule has 1 saturated heterocycles. The Balaban J connectivity index is 1.98. The number of ether oxygens (including phenoxy) is 4. The van der Waals surface area contributed by atoms with E-state index < -0.39 is 37.3 Å². The SMILES string of the molecule is COc1cc(/C=C/c2cccc(C)c2)c(OC2O[C@H](CO)[C@@H](O)[C@H](O)[C@H]2O)c(OC)c1. The highest BCUT2D eigenvalue weighted by Gasteiger charge is 2.45. The van der Waals surface area contributed by atoms with Gasteiger partial charge in [0.25, 0.3) is 0 Å². The molecule has 168 valence electrons. The van der Waals surface area contributed by atoms with E-state index in [1.807, 2.05) is 37.3 Å². The average molecular weight is 432 g/mol. The Kier molecular flexibility index (Phi) is 7.53. The van der Waals surface area contributed by atoms with Gasteiger partial charge in [-0.2, -0.15) is 0 Å². The van der Waals surface area contributed by atoms with Crippen LogP contribution in [0.3, 0.4) is 0 Å². The number of methoxy groups -OCH3 is 2. The number of aryl methyl sites for hydroxylation is 1. The Morgan fingerprint density at radius 1 is 0.968 bits per heavy atom. The van der Waals surface area contributed by atoms with E-state index >= 15 is 0 Å². The van der Waals surface area contributed by atoms with Crippen LogP contribution in [0.2, 0.25) is 0 Å². The van der Waals surface area contributed by atoms with E-state index in [4.69, 9.17) is 18.9 Å². The van der Waals surface area contributed by atoms with E-state index in [2.05, 4.69) is 0 Å². The lowest BCUT2D eigenvalue weighted by Gasteiger charge is -2.39. The molecule has 8 heteroatoms. The van der Waals surface area contributed by atoms with Crippen LogP contribution in [0.1, 0.15) is 16.7 Å². The van der Waals surface area contributed by atoms with E-state index in [0.717, 1.165) is 11.1 Å². The molecular formula is C23H28O8. The normalized spacial score (nSPS) is 26.1. The monoisotopic (exact) mass is 432 g/mol. The Morgan fingerprint density at radius 2 is 1.74 bits per heavy atom. The summed E-state index contributed by atoms with van der Waals surface area (Å²) < 4.78 is 22.2. The number of aliphatic hydroxyl groups is 4. The topological polar surface area (TPSA) is 118 Å². The van der Waals surface area contributed by atoms with Crippen LogP contribution in [0, 0.1) is 6.92 Å². The van der Waals surface area contributed by atoms with Crippen molar-refractivity contribution in [2.45, 2.75) is 37.6 Å². The largest absolute Gasteiger partial charge is 0.497 e. The molecule has 2 aromatic rings. The van der Waals surface area contributed by atoms with E-state index in [9.17, 15) is 20.4 Å². The molecule has 1 fully saturated rings. The summed E-state index contributed by atoms with van der Waals surface area (Å²) in [6, 6.07) is 11.3. The number of hydrogen-bond acceptors (Lipinski definition) is 8. The summed E-state index contributed by atoms with van der Waals surface area (Å²) in [5.41, 5.74) is 2.67. The van der Waals surface area contributed by atoms with E-state index in [1.54, 1.807) is 18.2 Å². The first kappa shape index (κ1) is 23.1. The van der Waals surface area contributed by atoms with Gasteiger partial charge in [-0.15, -0.1) is 0 Å². The molecule has 1 aliphatic rings. The first-order valence-electron chi connectivity index (χ1n) is 9.86. The van der Waals surface area contributed by atoms with Gasteiger partial charge in [0.1, 0.15) is 30.2 Å². The van der Waals surface area contributed by atoms with Crippen molar-refractivity contribution in [3.63, 3.8) is 0 Å². The van der Waals surface area contributed by atoms with Crippen molar-refractivity contribution in [3.05, 3.63) is 53.1 Å². The molecule has 2 aromatic carbocycles. The molecule has 5 atom stereocenters. The maximum absolute atomic E-state index is 10.4. The fraction of sp³-hybridized carbons (Fsp3) is 0.391. The highest BCUT2D eigenvalue weighted by atomic mass is 16.7. The Bertz CT molecular complexity index is 910. The summed E-state index contributed by atoms with van der Waals surface area (Å²) in [5.74, 6) is 1.10. The number of aliphatic hydroxyl groups excluding tert-OH is 4. The van der Waals surface area contributed by atoms with Gasteiger partial charge >= 0.3 is 0 Å². The standard InChI is InChI=1S/C23H28O8/c1-13-5-4-6-14(9-13)7-8-15-10-16(28-2)11-17(29-3)22(15)31-23-21(27)20(26)19(25)18(12-24)30-23/h4-11,18-21,23-27H,12H2,1-3H3/b8-7+/t18-,19-,20+,21-,23?/m1/s1. The van der Waals surface area contributed by atoms with Crippen LogP contribution in [0.4, 0.5) is 0 Å². The average Bonchev–Trinajstić information content (AvgIpc) is 2.78. The third-order valence-electron chi connectivity index (χ3n) is 5.09. The van der Waals surface area contributed by atoms with Gasteiger partial charge in [-0.1, -0.05) is 42.0 Å². The molecule has 31 heavy (non-hydrogen) atoms. The second-order valence-corrected chi connectivity index (χ2v) is 7.31. The maximum atomic E-state index is 10.4. The first-order chi connectivity index (χ1) is 14.9. The van der Waals surface area contributed by atoms with E-state index in [-0.39, 0.29) is 5.75 Å². The Hall–Kier alpha value is -2.62. The molecule has 1 aliphatic heterocycles. The van der Waals surface area contributed by atoms with Crippen molar-refractivity contribution in [2.24, 2.45) is 0 Å². The Morgan fingerprint density at radius 3 is 2.39 bits per heavy atom. The summed E-state index contributed by atoms with van der Waals surface area (Å²) in [4.78, 5) is 0. The molecule has 0 aromatic heterocycles. The van der Waals surface area contributed by atoms with Crippen molar-refractivity contribution in [2.75, 3.05) is 20.8 Å². The zero-order valence-corrected chi connectivity index (χ0v) is 17.6. The minimum Gasteiger partial charge on any atom is -0.497 e. The van der Waals surface area contributed by atoms with Gasteiger partial charge in [-0.25, -0.2) is 0 Å². The van der Waals surface area contributed by atoms with Gasteiger partial charge in [0, 0.05) is 11.6 Å². The van der Waals surface area contributed by atoms with Crippen LogP contribution in [-0.4, -0.2) is 72.0 Å². The quantitative estimate of drug-likeness (QED) is 0.485. The van der Waals surface area contributed by atoms with Crippen molar-refractivity contribution < 1.29 is 39.4 Å². The minimum absolute atomic E-state index is 0.247. The second-order valence-electron chi connectivity index (χ2n) is 7.31. The third-order valence-corrected chi connectivity index (χ3v) is 5.09. The zero-order valence-electron chi connectivity index (χ0n) is 17.6. The molecule has 0 amide bonds. The smallest absolute Gasteiger partial charge is 0.229 e. The van der Waals surface area contributed by atoms with Crippen LogP contribution >= 0.6 is 0 Å². The molecule has 8 nitrogen and oxygen atoms in total. The van der Waals surface area contributed by atoms with Crippen molar-refractivity contribution in [1.29, 1.82) is 0 Å². The molecule has 1 heterocycles. The van der Waals surface area contributed by atoms with Crippen LogP contribution in [0.25, 0.3) is 12.2 Å². The molecule has 0 bridgehead atoms. The first-order valence-corrected chi connectivity index (χ1v) is 9.86. The summed E-state index contributed by atoms with van der Waals surface area (Å²) in [6.07, 6.45) is -3.30. The van der Waals surface area contributed by atoms with Gasteiger partial charge in [0.05, 0.1) is 20.8 Å². The molecular weight excluding hydrogens is 404 g/mol. The minimum atomic E-state index is -1.55. The lowest BCUT2D eigenvalue weighted by molar-refractivity contribution is -0.277. The van der Waals surface area contributed by atoms with E-state index in [1.165, 1.54) is 14.2 Å². The van der Waals surface area contributed by atoms with Gasteiger partial charge in [-0.05, 0) is 18.6 Å². The van der Waals surface area contributed by atoms with Crippen molar-refractivity contribution >= 4 is 12.2 Å². The maximum Gasteiger partial charge on any atom is 0.229 e. The third kappa shape index (κ3) is 5.17. The van der Waals surface area contributed by atoms with Crippen molar-refractivity contribution in [3.8, 4) is 17.2 Å². The van der Waals surface area contributed by atoms with E-state index in [0.29, 0.717) is 17.1 Å². The highest BCUT2D eigenvalue weighted by molar-refractivity contribution is 5.75. The van der Waals surface area contributed by atoms with Gasteiger partial charge in [0.2, 0.25) is 6.29 Å². The fourth-order valence-electron chi connectivity index (χ4n) is 3.36. The summed E-state index contributed by atoms with van der Waals surface area (Å²) >= 11 is 0. The summed E-state index contributed by atoms with van der Waals surface area (Å²) in [6.45, 7) is 1.45. The molecule has 4 N–H and O–H groups in total. The molecule has 3 rings (SSSR count). The fourth-order valence-corrected chi connectivity index (χ4v) is 3.36. The zero-order chi connectivity index (χ0) is 22.5. The van der Waals surface area contributed by atoms with Gasteiger partial charge in [-0.3, -0.25) is 0 Å². The lowest BCUT2D eigenvalue weighted by atomic mass is 9.99. The van der Waals surface area contributed by atoms with Crippen LogP contribution in [-0.2, 0) is 4.74 Å². The lowest BCUT2D eigenvalue weighted by Crippen LogP contribution is -2.60. The highest BCUT2D eigenvalue weighted by Crippen LogP contribution is 2.39.